The Morgan fingerprint density at radius 2 is 2.07 bits per heavy atom. The summed E-state index contributed by atoms with van der Waals surface area (Å²) in [7, 11) is 0. The van der Waals surface area contributed by atoms with Crippen LogP contribution in [0, 0.1) is 0 Å². The number of piperidine rings is 1. The molecule has 0 saturated carbocycles. The van der Waals surface area contributed by atoms with Crippen molar-refractivity contribution in [3.8, 4) is 5.75 Å². The lowest BCUT2D eigenvalue weighted by Crippen LogP contribution is -2.45. The molecule has 1 aromatic rings. The van der Waals surface area contributed by atoms with Gasteiger partial charge < -0.3 is 9.64 Å². The first-order valence-corrected chi connectivity index (χ1v) is 9.61. The van der Waals surface area contributed by atoms with Crippen molar-refractivity contribution in [1.29, 1.82) is 0 Å². The predicted octanol–water partition coefficient (Wildman–Crippen LogP) is 1.30. The molecule has 8 nitrogen and oxygen atoms in total. The van der Waals surface area contributed by atoms with Gasteiger partial charge in [0.2, 0.25) is 17.8 Å². The summed E-state index contributed by atoms with van der Waals surface area (Å²) in [6.07, 6.45) is 4.67. The summed E-state index contributed by atoms with van der Waals surface area (Å²) < 4.78 is 5.80. The third-order valence-corrected chi connectivity index (χ3v) is 4.98. The van der Waals surface area contributed by atoms with Gasteiger partial charge >= 0.3 is 0 Å². The van der Waals surface area contributed by atoms with Crippen LogP contribution in [0.1, 0.15) is 37.7 Å². The number of rotatable bonds is 6. The molecule has 2 saturated heterocycles. The standard InChI is InChI=1S/C19H25N5O3/c25-17(22-24-8-2-1-3-9-24)5-4-10-27-15-6-7-16-14(11-15)12-23-13-18(26)21-19(23)20-16/h6-7,11H,1-5,8-10,12-13H2,(H,22,25)(H,20,21,26). The summed E-state index contributed by atoms with van der Waals surface area (Å²) in [6.45, 7) is 3.36. The average molecular weight is 371 g/mol. The van der Waals surface area contributed by atoms with Crippen LogP contribution in [0.5, 0.6) is 5.75 Å². The number of fused-ring (bicyclic) bond motifs is 2. The van der Waals surface area contributed by atoms with Crippen LogP contribution in [0.15, 0.2) is 23.2 Å². The number of hydrazine groups is 1. The highest BCUT2D eigenvalue weighted by atomic mass is 16.5. The number of hydrogen-bond donors (Lipinski definition) is 2. The van der Waals surface area contributed by atoms with Crippen molar-refractivity contribution in [3.05, 3.63) is 23.8 Å². The predicted molar refractivity (Wildman–Crippen MR) is 100 cm³/mol. The molecule has 1 aromatic carbocycles. The van der Waals surface area contributed by atoms with Crippen LogP contribution in [0.4, 0.5) is 5.69 Å². The largest absolute Gasteiger partial charge is 0.494 e. The number of guanidine groups is 1. The monoisotopic (exact) mass is 371 g/mol. The van der Waals surface area contributed by atoms with Gasteiger partial charge in [0.25, 0.3) is 0 Å². The van der Waals surface area contributed by atoms with E-state index in [1.165, 1.54) is 6.42 Å². The fourth-order valence-corrected chi connectivity index (χ4v) is 3.59. The molecule has 0 aliphatic carbocycles. The topological polar surface area (TPSA) is 86.3 Å². The van der Waals surface area contributed by atoms with Crippen LogP contribution in [-0.4, -0.2) is 53.9 Å². The molecular formula is C19H25N5O3. The number of benzene rings is 1. The van der Waals surface area contributed by atoms with Crippen molar-refractivity contribution in [2.24, 2.45) is 4.99 Å². The van der Waals surface area contributed by atoms with Crippen molar-refractivity contribution in [3.63, 3.8) is 0 Å². The van der Waals surface area contributed by atoms with E-state index < -0.39 is 0 Å². The molecule has 27 heavy (non-hydrogen) atoms. The minimum atomic E-state index is -0.0270. The molecule has 8 heteroatoms. The van der Waals surface area contributed by atoms with Gasteiger partial charge in [0.1, 0.15) is 12.3 Å². The normalized spacial score (nSPS) is 19.0. The highest BCUT2D eigenvalue weighted by molar-refractivity contribution is 6.05. The van der Waals surface area contributed by atoms with Crippen molar-refractivity contribution in [1.82, 2.24) is 20.7 Å². The maximum absolute atomic E-state index is 12.0. The molecule has 2 N–H and O–H groups in total. The van der Waals surface area contributed by atoms with Gasteiger partial charge in [-0.2, -0.15) is 0 Å². The van der Waals surface area contributed by atoms with Crippen LogP contribution < -0.4 is 15.5 Å². The minimum Gasteiger partial charge on any atom is -0.494 e. The van der Waals surface area contributed by atoms with E-state index in [1.54, 1.807) is 0 Å². The van der Waals surface area contributed by atoms with Crippen molar-refractivity contribution in [2.45, 2.75) is 38.6 Å². The van der Waals surface area contributed by atoms with E-state index in [1.807, 2.05) is 28.1 Å². The number of aliphatic imine (C=N–C) groups is 1. The number of hydrogen-bond acceptors (Lipinski definition) is 6. The van der Waals surface area contributed by atoms with Crippen LogP contribution in [0.3, 0.4) is 0 Å². The van der Waals surface area contributed by atoms with E-state index in [4.69, 9.17) is 4.74 Å². The van der Waals surface area contributed by atoms with E-state index in [9.17, 15) is 9.59 Å². The second-order valence-corrected chi connectivity index (χ2v) is 7.16. The number of nitrogens with zero attached hydrogens (tertiary/aromatic N) is 3. The Morgan fingerprint density at radius 3 is 2.93 bits per heavy atom. The average Bonchev–Trinajstić information content (AvgIpc) is 3.03. The van der Waals surface area contributed by atoms with Gasteiger partial charge in [-0.05, 0) is 37.5 Å². The first-order chi connectivity index (χ1) is 13.2. The zero-order chi connectivity index (χ0) is 18.6. The molecule has 144 valence electrons. The van der Waals surface area contributed by atoms with Crippen LogP contribution >= 0.6 is 0 Å². The Labute approximate surface area is 158 Å². The van der Waals surface area contributed by atoms with E-state index >= 15 is 0 Å². The zero-order valence-electron chi connectivity index (χ0n) is 15.4. The summed E-state index contributed by atoms with van der Waals surface area (Å²) in [5.74, 6) is 1.42. The summed E-state index contributed by atoms with van der Waals surface area (Å²) in [5, 5.41) is 4.77. The van der Waals surface area contributed by atoms with E-state index in [0.29, 0.717) is 38.5 Å². The number of carbonyl (C=O) groups excluding carboxylic acids is 2. The fourth-order valence-electron chi connectivity index (χ4n) is 3.59. The fraction of sp³-hybridized carbons (Fsp3) is 0.526. The third kappa shape index (κ3) is 4.39. The van der Waals surface area contributed by atoms with E-state index in [2.05, 4.69) is 15.7 Å². The highest BCUT2D eigenvalue weighted by Gasteiger charge is 2.29. The van der Waals surface area contributed by atoms with Crippen molar-refractivity contribution >= 4 is 23.5 Å². The Morgan fingerprint density at radius 1 is 1.22 bits per heavy atom. The van der Waals surface area contributed by atoms with E-state index in [0.717, 1.165) is 42.9 Å². The number of amides is 2. The smallest absolute Gasteiger partial charge is 0.246 e. The quantitative estimate of drug-likeness (QED) is 0.736. The Kier molecular flexibility index (Phi) is 5.24. The SMILES string of the molecule is O=C1CN2Cc3cc(OCCCC(=O)NN4CCCCC4)ccc3N=C2N1. The first-order valence-electron chi connectivity index (χ1n) is 9.61. The number of ether oxygens (including phenoxy) is 1. The molecule has 0 bridgehead atoms. The lowest BCUT2D eigenvalue weighted by molar-refractivity contribution is -0.126. The molecule has 2 fully saturated rings. The molecule has 3 heterocycles. The van der Waals surface area contributed by atoms with Gasteiger partial charge in [-0.25, -0.2) is 10.0 Å². The summed E-state index contributed by atoms with van der Waals surface area (Å²) in [4.78, 5) is 29.9. The molecular weight excluding hydrogens is 346 g/mol. The van der Waals surface area contributed by atoms with Crippen LogP contribution in [0.2, 0.25) is 0 Å². The minimum absolute atomic E-state index is 0.0270. The van der Waals surface area contributed by atoms with Gasteiger partial charge in [0, 0.05) is 31.6 Å². The summed E-state index contributed by atoms with van der Waals surface area (Å²) in [5.41, 5.74) is 4.86. The third-order valence-electron chi connectivity index (χ3n) is 4.98. The Bertz CT molecular complexity index is 758. The van der Waals surface area contributed by atoms with Gasteiger partial charge in [0.05, 0.1) is 12.3 Å². The molecule has 0 spiro atoms. The van der Waals surface area contributed by atoms with Crippen LogP contribution in [-0.2, 0) is 16.1 Å². The number of nitrogens with one attached hydrogen (secondary N) is 2. The second-order valence-electron chi connectivity index (χ2n) is 7.16. The summed E-state index contributed by atoms with van der Waals surface area (Å²) >= 11 is 0. The van der Waals surface area contributed by atoms with Gasteiger partial charge in [-0.1, -0.05) is 6.42 Å². The lowest BCUT2D eigenvalue weighted by Gasteiger charge is -2.26. The maximum atomic E-state index is 12.0. The molecule has 0 aromatic heterocycles. The van der Waals surface area contributed by atoms with Crippen molar-refractivity contribution < 1.29 is 14.3 Å². The molecule has 3 aliphatic heterocycles. The Hall–Kier alpha value is -2.61. The molecule has 4 rings (SSSR count). The zero-order valence-corrected chi connectivity index (χ0v) is 15.4. The molecule has 0 atom stereocenters. The molecule has 3 aliphatic rings. The highest BCUT2D eigenvalue weighted by Crippen LogP contribution is 2.30. The van der Waals surface area contributed by atoms with Gasteiger partial charge in [-0.15, -0.1) is 0 Å². The molecule has 2 amide bonds. The first kappa shape index (κ1) is 17.8. The van der Waals surface area contributed by atoms with Crippen LogP contribution in [0.25, 0.3) is 0 Å². The van der Waals surface area contributed by atoms with Gasteiger partial charge in [-0.3, -0.25) is 20.3 Å². The molecule has 0 radical (unpaired) electrons. The Balaban J connectivity index is 1.23. The maximum Gasteiger partial charge on any atom is 0.246 e. The van der Waals surface area contributed by atoms with Crippen molar-refractivity contribution in [2.75, 3.05) is 26.2 Å². The van der Waals surface area contributed by atoms with Gasteiger partial charge in [0.15, 0.2) is 0 Å². The molecule has 0 unspecified atom stereocenters. The lowest BCUT2D eigenvalue weighted by atomic mass is 10.1. The van der Waals surface area contributed by atoms with E-state index in [-0.39, 0.29) is 11.8 Å². The summed E-state index contributed by atoms with van der Waals surface area (Å²) in [6, 6.07) is 5.75. The number of carbonyl (C=O) groups is 2. The second kappa shape index (κ2) is 7.96.